The number of halogens is 4. The van der Waals surface area contributed by atoms with Gasteiger partial charge in [-0.05, 0) is 58.7 Å². The van der Waals surface area contributed by atoms with Gasteiger partial charge in [0.05, 0.1) is 11.1 Å². The van der Waals surface area contributed by atoms with E-state index in [1.54, 1.807) is 0 Å². The summed E-state index contributed by atoms with van der Waals surface area (Å²) in [5, 5.41) is 12.5. The van der Waals surface area contributed by atoms with Crippen LogP contribution in [0.25, 0.3) is 11.1 Å². The molecule has 0 amide bonds. The van der Waals surface area contributed by atoms with Crippen LogP contribution in [0.15, 0.2) is 90.0 Å². The molecule has 1 aromatic heterocycles. The fourth-order valence-electron chi connectivity index (χ4n) is 3.54. The molecule has 0 spiro atoms. The number of hydrogen-bond donors (Lipinski definition) is 2. The number of thioether (sulfide) groups is 1. The van der Waals surface area contributed by atoms with Gasteiger partial charge in [0.25, 0.3) is 0 Å². The van der Waals surface area contributed by atoms with Gasteiger partial charge >= 0.3 is 12.1 Å². The van der Waals surface area contributed by atoms with Crippen LogP contribution < -0.4 is 5.32 Å². The van der Waals surface area contributed by atoms with Crippen LogP contribution >= 0.6 is 11.8 Å². The van der Waals surface area contributed by atoms with E-state index in [1.807, 2.05) is 48.5 Å². The van der Waals surface area contributed by atoms with Gasteiger partial charge in [0.15, 0.2) is 0 Å². The monoisotopic (exact) mass is 512 g/mol. The third kappa shape index (κ3) is 6.23. The second-order valence-corrected chi connectivity index (χ2v) is 8.88. The van der Waals surface area contributed by atoms with Crippen molar-refractivity contribution in [1.29, 1.82) is 0 Å². The van der Waals surface area contributed by atoms with Crippen molar-refractivity contribution in [2.24, 2.45) is 0 Å². The average molecular weight is 513 g/mol. The molecule has 1 heterocycles. The highest BCUT2D eigenvalue weighted by Gasteiger charge is 2.30. The number of benzene rings is 3. The van der Waals surface area contributed by atoms with E-state index in [0.717, 1.165) is 40.6 Å². The first-order chi connectivity index (χ1) is 17.2. The summed E-state index contributed by atoms with van der Waals surface area (Å²) >= 11 is 1.26. The lowest BCUT2D eigenvalue weighted by atomic mass is 9.99. The van der Waals surface area contributed by atoms with Crippen LogP contribution in [0.1, 0.15) is 27.0 Å². The van der Waals surface area contributed by atoms with E-state index in [4.69, 9.17) is 0 Å². The van der Waals surface area contributed by atoms with Crippen molar-refractivity contribution in [2.75, 3.05) is 5.32 Å². The number of rotatable bonds is 8. The lowest BCUT2D eigenvalue weighted by Gasteiger charge is -2.15. The Morgan fingerprint density at radius 3 is 2.36 bits per heavy atom. The van der Waals surface area contributed by atoms with Crippen molar-refractivity contribution < 1.29 is 27.5 Å². The molecule has 4 aromatic rings. The van der Waals surface area contributed by atoms with Crippen LogP contribution in [0.4, 0.5) is 23.4 Å². The fraction of sp³-hybridized carbons (Fsp3) is 0.111. The molecule has 4 rings (SSSR count). The van der Waals surface area contributed by atoms with Crippen molar-refractivity contribution in [3.63, 3.8) is 0 Å². The molecule has 4 nitrogen and oxygen atoms in total. The highest BCUT2D eigenvalue weighted by molar-refractivity contribution is 7.98. The number of alkyl halides is 3. The molecule has 0 bridgehead atoms. The molecule has 0 aliphatic heterocycles. The van der Waals surface area contributed by atoms with Gasteiger partial charge in [-0.15, -0.1) is 11.8 Å². The molecule has 2 N–H and O–H groups in total. The van der Waals surface area contributed by atoms with Crippen molar-refractivity contribution in [3.05, 3.63) is 113 Å². The Kier molecular flexibility index (Phi) is 7.59. The maximum absolute atomic E-state index is 13.5. The molecule has 0 atom stereocenters. The van der Waals surface area contributed by atoms with Gasteiger partial charge in [0.2, 0.25) is 0 Å². The van der Waals surface area contributed by atoms with Crippen LogP contribution in [0.3, 0.4) is 0 Å². The number of nitrogens with one attached hydrogen (secondary N) is 1. The van der Waals surface area contributed by atoms with Crippen molar-refractivity contribution in [3.8, 4) is 11.1 Å². The van der Waals surface area contributed by atoms with Crippen LogP contribution in [0, 0.1) is 5.82 Å². The quantitative estimate of drug-likeness (QED) is 0.189. The Hall–Kier alpha value is -3.85. The third-order valence-electron chi connectivity index (χ3n) is 5.42. The topological polar surface area (TPSA) is 62.2 Å². The molecule has 0 aliphatic carbocycles. The van der Waals surface area contributed by atoms with E-state index in [0.29, 0.717) is 16.5 Å². The summed E-state index contributed by atoms with van der Waals surface area (Å²) in [7, 11) is 0. The predicted molar refractivity (Wildman–Crippen MR) is 131 cm³/mol. The highest BCUT2D eigenvalue weighted by Crippen LogP contribution is 2.32. The van der Waals surface area contributed by atoms with Gasteiger partial charge in [0.1, 0.15) is 11.6 Å². The van der Waals surface area contributed by atoms with E-state index in [-0.39, 0.29) is 12.1 Å². The largest absolute Gasteiger partial charge is 0.478 e. The lowest BCUT2D eigenvalue weighted by molar-refractivity contribution is -0.137. The van der Waals surface area contributed by atoms with Crippen molar-refractivity contribution in [1.82, 2.24) is 4.98 Å². The molecule has 9 heteroatoms. The van der Waals surface area contributed by atoms with Gasteiger partial charge in [-0.2, -0.15) is 13.2 Å². The van der Waals surface area contributed by atoms with Crippen LogP contribution in [0.2, 0.25) is 0 Å². The zero-order valence-corrected chi connectivity index (χ0v) is 19.5. The van der Waals surface area contributed by atoms with Gasteiger partial charge in [-0.25, -0.2) is 14.2 Å². The zero-order chi connectivity index (χ0) is 25.7. The van der Waals surface area contributed by atoms with Crippen LogP contribution in [0.5, 0.6) is 0 Å². The van der Waals surface area contributed by atoms with Crippen LogP contribution in [-0.4, -0.2) is 16.1 Å². The average Bonchev–Trinajstić information content (AvgIpc) is 2.87. The van der Waals surface area contributed by atoms with Crippen LogP contribution in [-0.2, 0) is 18.5 Å². The number of anilines is 1. The van der Waals surface area contributed by atoms with E-state index < -0.39 is 23.5 Å². The zero-order valence-electron chi connectivity index (χ0n) is 18.7. The molecular weight excluding hydrogens is 492 g/mol. The lowest BCUT2D eigenvalue weighted by Crippen LogP contribution is -2.08. The summed E-state index contributed by atoms with van der Waals surface area (Å²) in [6, 6.07) is 21.4. The second kappa shape index (κ2) is 10.8. The number of carbonyl (C=O) groups is 1. The SMILES string of the molecule is O=C(O)c1cc(F)ccc1SCc1ccc(-c2ccccc2)cc1CNc1ccc(C(F)(F)F)cn1. The normalized spacial score (nSPS) is 11.3. The minimum absolute atomic E-state index is 0.116. The van der Waals surface area contributed by atoms with E-state index in [2.05, 4.69) is 10.3 Å². The number of carboxylic acids is 1. The molecule has 36 heavy (non-hydrogen) atoms. The highest BCUT2D eigenvalue weighted by atomic mass is 32.2. The molecular formula is C27H20F4N2O2S. The standard InChI is InChI=1S/C27H20F4N2O2S/c28-22-9-10-24(23(13-22)26(34)35)36-16-19-7-6-18(17-4-2-1-3-5-17)12-20(19)14-32-25-11-8-21(15-33-25)27(29,30)31/h1-13,15H,14,16H2,(H,32,33)(H,34,35). The van der Waals surface area contributed by atoms with E-state index in [9.17, 15) is 27.5 Å². The van der Waals surface area contributed by atoms with Crippen molar-refractivity contribution >= 4 is 23.5 Å². The van der Waals surface area contributed by atoms with Gasteiger partial charge in [0, 0.05) is 23.4 Å². The Morgan fingerprint density at radius 1 is 0.917 bits per heavy atom. The van der Waals surface area contributed by atoms with E-state index in [1.165, 1.54) is 30.0 Å². The Labute approximate surface area is 209 Å². The number of aromatic carboxylic acids is 1. The number of pyridine rings is 1. The smallest absolute Gasteiger partial charge is 0.417 e. The minimum atomic E-state index is -4.46. The third-order valence-corrected chi connectivity index (χ3v) is 6.54. The summed E-state index contributed by atoms with van der Waals surface area (Å²) in [5.74, 6) is -1.15. The Balaban J connectivity index is 1.59. The second-order valence-electron chi connectivity index (χ2n) is 7.87. The molecule has 0 unspecified atom stereocenters. The summed E-state index contributed by atoms with van der Waals surface area (Å²) in [6.45, 7) is 0.282. The van der Waals surface area contributed by atoms with Crippen molar-refractivity contribution in [2.45, 2.75) is 23.4 Å². The first-order valence-corrected chi connectivity index (χ1v) is 11.8. The number of aromatic nitrogens is 1. The maximum Gasteiger partial charge on any atom is 0.417 e. The summed E-state index contributed by atoms with van der Waals surface area (Å²) < 4.78 is 52.0. The Morgan fingerprint density at radius 2 is 1.69 bits per heavy atom. The predicted octanol–water partition coefficient (Wildman–Crippen LogP) is 7.51. The van der Waals surface area contributed by atoms with Gasteiger partial charge in [-0.1, -0.05) is 42.5 Å². The molecule has 0 saturated carbocycles. The summed E-state index contributed by atoms with van der Waals surface area (Å²) in [5.41, 5.74) is 2.76. The first kappa shape index (κ1) is 25.2. The molecule has 0 saturated heterocycles. The van der Waals surface area contributed by atoms with Gasteiger partial charge < -0.3 is 10.4 Å². The summed E-state index contributed by atoms with van der Waals surface area (Å²) in [4.78, 5) is 15.8. The maximum atomic E-state index is 13.5. The minimum Gasteiger partial charge on any atom is -0.478 e. The number of nitrogens with zero attached hydrogens (tertiary/aromatic N) is 1. The molecule has 0 radical (unpaired) electrons. The van der Waals surface area contributed by atoms with E-state index >= 15 is 0 Å². The first-order valence-electron chi connectivity index (χ1n) is 10.8. The molecule has 184 valence electrons. The molecule has 0 aliphatic rings. The summed E-state index contributed by atoms with van der Waals surface area (Å²) in [6.07, 6.45) is -3.68. The molecule has 3 aromatic carbocycles. The Bertz CT molecular complexity index is 1360. The number of carboxylic acid groups (broad SMARTS) is 1. The number of hydrogen-bond acceptors (Lipinski definition) is 4. The fourth-order valence-corrected chi connectivity index (χ4v) is 4.60. The van der Waals surface area contributed by atoms with Gasteiger partial charge in [-0.3, -0.25) is 0 Å². The molecule has 0 fully saturated rings.